The Kier molecular flexibility index (Phi) is 7.01. The van der Waals surface area contributed by atoms with Crippen LogP contribution in [0.15, 0.2) is 17.0 Å². The Hall–Kier alpha value is -0.930. The zero-order valence-corrected chi connectivity index (χ0v) is 15.8. The highest BCUT2D eigenvalue weighted by atomic mass is 35.5. The van der Waals surface area contributed by atoms with E-state index in [2.05, 4.69) is 6.92 Å². The summed E-state index contributed by atoms with van der Waals surface area (Å²) < 4.78 is 27.1. The Morgan fingerprint density at radius 2 is 2.08 bits per heavy atom. The molecular weight excluding hydrogens is 377 g/mol. The predicted molar refractivity (Wildman–Crippen MR) is 95.2 cm³/mol. The van der Waals surface area contributed by atoms with E-state index in [0.29, 0.717) is 18.9 Å². The molecule has 1 aromatic carbocycles. The van der Waals surface area contributed by atoms with E-state index in [9.17, 15) is 18.5 Å². The number of nitrogens with zero attached hydrogens (tertiary/aromatic N) is 2. The van der Waals surface area contributed by atoms with Crippen LogP contribution in [0.25, 0.3) is 0 Å². The minimum Gasteiger partial charge on any atom is -0.329 e. The van der Waals surface area contributed by atoms with Gasteiger partial charge in [0.15, 0.2) is 0 Å². The fourth-order valence-corrected chi connectivity index (χ4v) is 4.86. The van der Waals surface area contributed by atoms with Gasteiger partial charge in [-0.25, -0.2) is 8.42 Å². The summed E-state index contributed by atoms with van der Waals surface area (Å²) in [6.45, 7) is 4.11. The summed E-state index contributed by atoms with van der Waals surface area (Å²) in [4.78, 5) is 10.3. The number of piperidine rings is 1. The molecule has 0 saturated carbocycles. The number of nitro groups is 1. The summed E-state index contributed by atoms with van der Waals surface area (Å²) in [6.07, 6.45) is 1.41. The van der Waals surface area contributed by atoms with Crippen LogP contribution in [0.1, 0.15) is 25.3 Å². The third kappa shape index (κ3) is 4.00. The average Bonchev–Trinajstić information content (AvgIpc) is 2.48. The maximum atomic E-state index is 12.9. The van der Waals surface area contributed by atoms with E-state index in [1.807, 2.05) is 0 Å². The number of hydrogen-bond donors (Lipinski definition) is 1. The molecule has 7 nitrogen and oxygen atoms in total. The van der Waals surface area contributed by atoms with Crippen molar-refractivity contribution >= 4 is 39.7 Å². The van der Waals surface area contributed by atoms with E-state index >= 15 is 0 Å². The standard InChI is InChI=1S/C14H20ClN3O4S.ClH/c1-9-3-4-17(11(5-9)8-16)23(21,22)12-6-13(15)10(2)14(7-12)18(19)20;/h6-7,9,11H,3-5,8,16H2,1-2H3;1H. The van der Waals surface area contributed by atoms with Gasteiger partial charge in [-0.05, 0) is 31.7 Å². The molecule has 0 aromatic heterocycles. The number of halogens is 2. The molecule has 0 aliphatic carbocycles. The highest BCUT2D eigenvalue weighted by molar-refractivity contribution is 7.89. The van der Waals surface area contributed by atoms with Gasteiger partial charge in [0, 0.05) is 30.8 Å². The van der Waals surface area contributed by atoms with E-state index < -0.39 is 14.9 Å². The zero-order valence-electron chi connectivity index (χ0n) is 13.4. The fourth-order valence-electron chi connectivity index (χ4n) is 2.87. The van der Waals surface area contributed by atoms with Crippen LogP contribution in [0.3, 0.4) is 0 Å². The van der Waals surface area contributed by atoms with Gasteiger partial charge in [-0.2, -0.15) is 4.31 Å². The Morgan fingerprint density at radius 3 is 2.62 bits per heavy atom. The van der Waals surface area contributed by atoms with Crippen LogP contribution >= 0.6 is 24.0 Å². The molecule has 0 spiro atoms. The summed E-state index contributed by atoms with van der Waals surface area (Å²) in [5.74, 6) is 0.394. The minimum absolute atomic E-state index is 0. The van der Waals surface area contributed by atoms with E-state index in [-0.39, 0.29) is 46.2 Å². The number of benzene rings is 1. The maximum Gasteiger partial charge on any atom is 0.275 e. The summed E-state index contributed by atoms with van der Waals surface area (Å²) in [6, 6.07) is 2.04. The molecule has 136 valence electrons. The van der Waals surface area contributed by atoms with Crippen molar-refractivity contribution in [2.75, 3.05) is 13.1 Å². The molecule has 0 bridgehead atoms. The van der Waals surface area contributed by atoms with Crippen LogP contribution in [0.2, 0.25) is 5.02 Å². The van der Waals surface area contributed by atoms with Crippen molar-refractivity contribution in [3.8, 4) is 0 Å². The lowest BCUT2D eigenvalue weighted by molar-refractivity contribution is -0.385. The third-order valence-electron chi connectivity index (χ3n) is 4.29. The number of sulfonamides is 1. The number of nitrogens with two attached hydrogens (primary N) is 1. The molecule has 10 heteroatoms. The first-order valence-electron chi connectivity index (χ1n) is 7.35. The largest absolute Gasteiger partial charge is 0.329 e. The number of nitro benzene ring substituents is 1. The molecule has 0 amide bonds. The van der Waals surface area contributed by atoms with Gasteiger partial charge in [0.25, 0.3) is 5.69 Å². The van der Waals surface area contributed by atoms with Gasteiger partial charge in [-0.15, -0.1) is 12.4 Å². The molecule has 1 saturated heterocycles. The molecule has 1 heterocycles. The monoisotopic (exact) mass is 397 g/mol. The van der Waals surface area contributed by atoms with Crippen LogP contribution in [-0.4, -0.2) is 36.8 Å². The second-order valence-corrected chi connectivity index (χ2v) is 8.24. The second-order valence-electron chi connectivity index (χ2n) is 5.94. The average molecular weight is 398 g/mol. The molecule has 2 N–H and O–H groups in total. The summed E-state index contributed by atoms with van der Waals surface area (Å²) in [5.41, 5.74) is 5.67. The maximum absolute atomic E-state index is 12.9. The topological polar surface area (TPSA) is 107 Å². The van der Waals surface area contributed by atoms with Crippen molar-refractivity contribution in [1.82, 2.24) is 4.31 Å². The van der Waals surface area contributed by atoms with Crippen LogP contribution in [0.4, 0.5) is 5.69 Å². The molecule has 1 aliphatic rings. The van der Waals surface area contributed by atoms with Crippen molar-refractivity contribution < 1.29 is 13.3 Å². The Balaban J connectivity index is 0.00000288. The summed E-state index contributed by atoms with van der Waals surface area (Å²) in [7, 11) is -3.88. The molecule has 1 aliphatic heterocycles. The molecule has 0 radical (unpaired) electrons. The molecular formula is C14H21Cl2N3O4S. The van der Waals surface area contributed by atoms with Crippen LogP contribution in [0.5, 0.6) is 0 Å². The lowest BCUT2D eigenvalue weighted by Crippen LogP contribution is -2.49. The van der Waals surface area contributed by atoms with Gasteiger partial charge in [-0.1, -0.05) is 18.5 Å². The lowest BCUT2D eigenvalue weighted by Gasteiger charge is -2.36. The van der Waals surface area contributed by atoms with Crippen LogP contribution < -0.4 is 5.73 Å². The Bertz CT molecular complexity index is 727. The van der Waals surface area contributed by atoms with Gasteiger partial charge in [-0.3, -0.25) is 10.1 Å². The van der Waals surface area contributed by atoms with E-state index in [4.69, 9.17) is 17.3 Å². The third-order valence-corrected chi connectivity index (χ3v) is 6.61. The highest BCUT2D eigenvalue weighted by Crippen LogP contribution is 2.33. The summed E-state index contributed by atoms with van der Waals surface area (Å²) in [5, 5.41) is 11.2. The Labute approximate surface area is 152 Å². The molecule has 1 fully saturated rings. The second kappa shape index (κ2) is 7.97. The lowest BCUT2D eigenvalue weighted by atomic mass is 9.94. The normalized spacial score (nSPS) is 22.0. The SMILES string of the molecule is Cc1c(Cl)cc(S(=O)(=O)N2CCC(C)CC2CN)cc1[N+](=O)[O-].Cl. The smallest absolute Gasteiger partial charge is 0.275 e. The van der Waals surface area contributed by atoms with Crippen molar-refractivity contribution in [2.45, 2.75) is 37.6 Å². The van der Waals surface area contributed by atoms with Gasteiger partial charge >= 0.3 is 0 Å². The molecule has 2 unspecified atom stereocenters. The van der Waals surface area contributed by atoms with Crippen molar-refractivity contribution in [3.63, 3.8) is 0 Å². The molecule has 2 atom stereocenters. The van der Waals surface area contributed by atoms with Gasteiger partial charge < -0.3 is 5.73 Å². The first-order chi connectivity index (χ1) is 10.7. The first-order valence-corrected chi connectivity index (χ1v) is 9.16. The van der Waals surface area contributed by atoms with E-state index in [0.717, 1.165) is 12.5 Å². The summed E-state index contributed by atoms with van der Waals surface area (Å²) >= 11 is 5.99. The van der Waals surface area contributed by atoms with E-state index in [1.165, 1.54) is 17.3 Å². The Morgan fingerprint density at radius 1 is 1.46 bits per heavy atom. The van der Waals surface area contributed by atoms with Crippen molar-refractivity contribution in [1.29, 1.82) is 0 Å². The molecule has 2 rings (SSSR count). The van der Waals surface area contributed by atoms with Crippen LogP contribution in [0, 0.1) is 23.0 Å². The van der Waals surface area contributed by atoms with Crippen molar-refractivity contribution in [3.05, 3.63) is 32.8 Å². The molecule has 1 aromatic rings. The first kappa shape index (κ1) is 21.1. The highest BCUT2D eigenvalue weighted by Gasteiger charge is 2.36. The molecule has 24 heavy (non-hydrogen) atoms. The fraction of sp³-hybridized carbons (Fsp3) is 0.571. The van der Waals surface area contributed by atoms with Gasteiger partial charge in [0.05, 0.1) is 14.8 Å². The number of rotatable bonds is 4. The van der Waals surface area contributed by atoms with Gasteiger partial charge in [0.2, 0.25) is 10.0 Å². The van der Waals surface area contributed by atoms with E-state index in [1.54, 1.807) is 0 Å². The van der Waals surface area contributed by atoms with Crippen LogP contribution in [-0.2, 0) is 10.0 Å². The quantitative estimate of drug-likeness (QED) is 0.620. The minimum atomic E-state index is -3.88. The van der Waals surface area contributed by atoms with Gasteiger partial charge in [0.1, 0.15) is 0 Å². The van der Waals surface area contributed by atoms with Crippen molar-refractivity contribution in [2.24, 2.45) is 11.7 Å². The zero-order chi connectivity index (χ0) is 17.4. The number of hydrogen-bond acceptors (Lipinski definition) is 5. The predicted octanol–water partition coefficient (Wildman–Crippen LogP) is 2.73.